The Morgan fingerprint density at radius 2 is 2.00 bits per heavy atom. The van der Waals surface area contributed by atoms with Crippen LogP contribution in [0.1, 0.15) is 32.4 Å². The van der Waals surface area contributed by atoms with E-state index in [2.05, 4.69) is 10.3 Å². The maximum atomic E-state index is 11.8. The number of aryl methyl sites for hydroxylation is 2. The van der Waals surface area contributed by atoms with Crippen molar-refractivity contribution in [2.45, 2.75) is 26.3 Å². The van der Waals surface area contributed by atoms with E-state index >= 15 is 0 Å². The van der Waals surface area contributed by atoms with E-state index in [0.717, 1.165) is 16.9 Å². The Morgan fingerprint density at radius 3 is 2.62 bits per heavy atom. The van der Waals surface area contributed by atoms with Crippen LogP contribution in [0.3, 0.4) is 0 Å². The second-order valence-electron chi connectivity index (χ2n) is 4.59. The maximum absolute atomic E-state index is 11.8. The third-order valence-electron chi connectivity index (χ3n) is 2.96. The molecule has 0 atom stereocenters. The number of nitrogens with zero attached hydrogens (tertiary/aromatic N) is 1. The minimum Gasteiger partial charge on any atom is -0.477 e. The van der Waals surface area contributed by atoms with Gasteiger partial charge in [-0.1, -0.05) is 30.3 Å². The van der Waals surface area contributed by atoms with Crippen molar-refractivity contribution >= 4 is 23.2 Å². The van der Waals surface area contributed by atoms with Crippen molar-refractivity contribution in [2.24, 2.45) is 0 Å². The largest absolute Gasteiger partial charge is 0.477 e. The Labute approximate surface area is 126 Å². The van der Waals surface area contributed by atoms with Crippen LogP contribution in [-0.2, 0) is 17.8 Å². The van der Waals surface area contributed by atoms with E-state index in [0.29, 0.717) is 23.5 Å². The first kappa shape index (κ1) is 15.2. The number of carboxylic acid groups (broad SMARTS) is 1. The van der Waals surface area contributed by atoms with Gasteiger partial charge in [0.25, 0.3) is 0 Å². The number of benzene rings is 1. The standard InChI is InChI=1S/C15H16N2O3S/c1-10-14(15(19)20)21-13(17-10)9-16-12(18)8-7-11-5-3-2-4-6-11/h2-6H,7-9H2,1H3,(H,16,18)(H,19,20). The number of hydrogen-bond acceptors (Lipinski definition) is 4. The summed E-state index contributed by atoms with van der Waals surface area (Å²) in [7, 11) is 0. The summed E-state index contributed by atoms with van der Waals surface area (Å²) in [5, 5.41) is 12.3. The fourth-order valence-corrected chi connectivity index (χ4v) is 2.73. The molecule has 6 heteroatoms. The fourth-order valence-electron chi connectivity index (χ4n) is 1.89. The predicted molar refractivity (Wildman–Crippen MR) is 80.4 cm³/mol. The molecule has 0 aliphatic carbocycles. The molecule has 1 amide bonds. The van der Waals surface area contributed by atoms with Gasteiger partial charge in [-0.05, 0) is 18.9 Å². The SMILES string of the molecule is Cc1nc(CNC(=O)CCc2ccccc2)sc1C(=O)O. The van der Waals surface area contributed by atoms with Crippen LogP contribution in [-0.4, -0.2) is 22.0 Å². The topological polar surface area (TPSA) is 79.3 Å². The number of rotatable bonds is 6. The lowest BCUT2D eigenvalue weighted by atomic mass is 10.1. The highest BCUT2D eigenvalue weighted by atomic mass is 32.1. The molecule has 0 aliphatic rings. The molecule has 1 heterocycles. The van der Waals surface area contributed by atoms with Crippen molar-refractivity contribution in [3.8, 4) is 0 Å². The molecule has 0 bridgehead atoms. The fraction of sp³-hybridized carbons (Fsp3) is 0.267. The summed E-state index contributed by atoms with van der Waals surface area (Å²) in [6, 6.07) is 9.79. The molecular weight excluding hydrogens is 288 g/mol. The molecule has 0 spiro atoms. The summed E-state index contributed by atoms with van der Waals surface area (Å²) in [6.07, 6.45) is 1.09. The minimum absolute atomic E-state index is 0.0661. The minimum atomic E-state index is -0.980. The summed E-state index contributed by atoms with van der Waals surface area (Å²) >= 11 is 1.10. The average molecular weight is 304 g/mol. The van der Waals surface area contributed by atoms with E-state index in [1.54, 1.807) is 6.92 Å². The number of carboxylic acids is 1. The van der Waals surface area contributed by atoms with E-state index in [1.165, 1.54) is 0 Å². The van der Waals surface area contributed by atoms with Crippen molar-refractivity contribution in [2.75, 3.05) is 0 Å². The normalized spacial score (nSPS) is 10.3. The first-order valence-corrected chi connectivity index (χ1v) is 7.38. The summed E-state index contributed by atoms with van der Waals surface area (Å²) in [6.45, 7) is 1.92. The van der Waals surface area contributed by atoms with Crippen molar-refractivity contribution in [1.82, 2.24) is 10.3 Å². The molecule has 5 nitrogen and oxygen atoms in total. The van der Waals surface area contributed by atoms with Gasteiger partial charge in [0.2, 0.25) is 5.91 Å². The van der Waals surface area contributed by atoms with Gasteiger partial charge < -0.3 is 10.4 Å². The Balaban J connectivity index is 1.81. The van der Waals surface area contributed by atoms with Crippen molar-refractivity contribution in [3.63, 3.8) is 0 Å². The van der Waals surface area contributed by atoms with Gasteiger partial charge in [-0.3, -0.25) is 4.79 Å². The lowest BCUT2D eigenvalue weighted by Crippen LogP contribution is -2.22. The lowest BCUT2D eigenvalue weighted by Gasteiger charge is -2.03. The number of aromatic nitrogens is 1. The van der Waals surface area contributed by atoms with Crippen LogP contribution in [0.4, 0.5) is 0 Å². The number of aromatic carboxylic acids is 1. The molecule has 0 fully saturated rings. The Bertz CT molecular complexity index is 638. The highest BCUT2D eigenvalue weighted by molar-refractivity contribution is 7.13. The molecule has 2 N–H and O–H groups in total. The van der Waals surface area contributed by atoms with E-state index in [4.69, 9.17) is 5.11 Å². The molecule has 0 aliphatic heterocycles. The predicted octanol–water partition coefficient (Wildman–Crippen LogP) is 2.40. The zero-order valence-electron chi connectivity index (χ0n) is 11.6. The van der Waals surface area contributed by atoms with Gasteiger partial charge in [0.1, 0.15) is 9.88 Å². The van der Waals surface area contributed by atoms with Crippen LogP contribution in [0.15, 0.2) is 30.3 Å². The third-order valence-corrected chi connectivity index (χ3v) is 4.10. The van der Waals surface area contributed by atoms with Gasteiger partial charge in [0.15, 0.2) is 0 Å². The molecule has 0 saturated carbocycles. The first-order chi connectivity index (χ1) is 10.1. The zero-order chi connectivity index (χ0) is 15.2. The summed E-state index contributed by atoms with van der Waals surface area (Å²) < 4.78 is 0. The summed E-state index contributed by atoms with van der Waals surface area (Å²) in [5.41, 5.74) is 1.60. The highest BCUT2D eigenvalue weighted by Gasteiger charge is 2.14. The molecule has 0 radical (unpaired) electrons. The molecule has 1 aromatic carbocycles. The number of amides is 1. The van der Waals surface area contributed by atoms with Gasteiger partial charge in [0, 0.05) is 6.42 Å². The molecule has 2 aromatic rings. The smallest absolute Gasteiger partial charge is 0.347 e. The van der Waals surface area contributed by atoms with Crippen LogP contribution in [0.5, 0.6) is 0 Å². The lowest BCUT2D eigenvalue weighted by molar-refractivity contribution is -0.121. The van der Waals surface area contributed by atoms with Crippen LogP contribution in [0.2, 0.25) is 0 Å². The number of hydrogen-bond donors (Lipinski definition) is 2. The molecule has 2 rings (SSSR count). The van der Waals surface area contributed by atoms with Crippen LogP contribution in [0.25, 0.3) is 0 Å². The third kappa shape index (κ3) is 4.39. The second kappa shape index (κ2) is 6.99. The molecule has 0 saturated heterocycles. The van der Waals surface area contributed by atoms with E-state index in [9.17, 15) is 9.59 Å². The number of nitrogens with one attached hydrogen (secondary N) is 1. The average Bonchev–Trinajstić information content (AvgIpc) is 2.85. The number of carbonyl (C=O) groups is 2. The zero-order valence-corrected chi connectivity index (χ0v) is 12.4. The molecular formula is C15H16N2O3S. The number of carbonyl (C=O) groups excluding carboxylic acids is 1. The Morgan fingerprint density at radius 1 is 1.29 bits per heavy atom. The van der Waals surface area contributed by atoms with Crippen molar-refractivity contribution < 1.29 is 14.7 Å². The van der Waals surface area contributed by atoms with Crippen molar-refractivity contribution in [1.29, 1.82) is 0 Å². The van der Waals surface area contributed by atoms with Gasteiger partial charge in [-0.2, -0.15) is 0 Å². The molecule has 110 valence electrons. The highest BCUT2D eigenvalue weighted by Crippen LogP contribution is 2.17. The molecule has 0 unspecified atom stereocenters. The second-order valence-corrected chi connectivity index (χ2v) is 5.67. The summed E-state index contributed by atoms with van der Waals surface area (Å²) in [4.78, 5) is 27.1. The van der Waals surface area contributed by atoms with E-state index < -0.39 is 5.97 Å². The van der Waals surface area contributed by atoms with Gasteiger partial charge in [-0.25, -0.2) is 9.78 Å². The van der Waals surface area contributed by atoms with Crippen LogP contribution in [0, 0.1) is 6.92 Å². The monoisotopic (exact) mass is 304 g/mol. The first-order valence-electron chi connectivity index (χ1n) is 6.56. The molecule has 1 aromatic heterocycles. The number of thiazole rings is 1. The molecule has 21 heavy (non-hydrogen) atoms. The van der Waals surface area contributed by atoms with Crippen LogP contribution >= 0.6 is 11.3 Å². The van der Waals surface area contributed by atoms with Gasteiger partial charge in [0.05, 0.1) is 12.2 Å². The van der Waals surface area contributed by atoms with Gasteiger partial charge in [-0.15, -0.1) is 11.3 Å². The van der Waals surface area contributed by atoms with E-state index in [1.807, 2.05) is 30.3 Å². The van der Waals surface area contributed by atoms with Crippen molar-refractivity contribution in [3.05, 3.63) is 51.5 Å². The van der Waals surface area contributed by atoms with E-state index in [-0.39, 0.29) is 17.3 Å². The maximum Gasteiger partial charge on any atom is 0.347 e. The van der Waals surface area contributed by atoms with Crippen LogP contribution < -0.4 is 5.32 Å². The summed E-state index contributed by atoms with van der Waals surface area (Å²) in [5.74, 6) is -1.05. The Hall–Kier alpha value is -2.21. The van der Waals surface area contributed by atoms with Gasteiger partial charge >= 0.3 is 5.97 Å². The Kier molecular flexibility index (Phi) is 5.05. The quantitative estimate of drug-likeness (QED) is 0.859.